The normalized spacial score (nSPS) is 13.8. The number of benzene rings is 8. The van der Waals surface area contributed by atoms with Crippen molar-refractivity contribution in [2.45, 2.75) is 0 Å². The molecule has 2 nitrogen and oxygen atoms in total. The lowest BCUT2D eigenvalue weighted by Gasteiger charge is -2.21. The Hall–Kier alpha value is -6.25. The molecule has 220 valence electrons. The van der Waals surface area contributed by atoms with Gasteiger partial charge in [0.15, 0.2) is 0 Å². The fourth-order valence-electron chi connectivity index (χ4n) is 6.60. The molecular formula is C45H30N2. The maximum absolute atomic E-state index is 9.50. The molecule has 2 heteroatoms. The summed E-state index contributed by atoms with van der Waals surface area (Å²) in [6.45, 7) is 0. The quantitative estimate of drug-likeness (QED) is 0.178. The number of aromatic nitrogens is 2. The Bertz CT molecular complexity index is 2930. The summed E-state index contributed by atoms with van der Waals surface area (Å²) < 4.78 is 75.4. The van der Waals surface area contributed by atoms with Crippen LogP contribution in [0.1, 0.15) is 11.0 Å². The van der Waals surface area contributed by atoms with Gasteiger partial charge in [-0.3, -0.25) is 4.57 Å². The average molecular weight is 607 g/mol. The van der Waals surface area contributed by atoms with E-state index < -0.39 is 24.2 Å². The lowest BCUT2D eigenvalue weighted by Crippen LogP contribution is -2.01. The molecule has 0 radical (unpaired) electrons. The second-order valence-corrected chi connectivity index (χ2v) is 11.3. The molecule has 0 N–H and O–H groups in total. The third-order valence-corrected chi connectivity index (χ3v) is 8.64. The number of imidazole rings is 1. The van der Waals surface area contributed by atoms with E-state index in [-0.39, 0.29) is 51.3 Å². The second-order valence-electron chi connectivity index (χ2n) is 11.3. The molecule has 0 amide bonds. The van der Waals surface area contributed by atoms with Crippen LogP contribution < -0.4 is 0 Å². The molecule has 0 aliphatic heterocycles. The summed E-state index contributed by atoms with van der Waals surface area (Å²) in [6.07, 6.45) is 0. The van der Waals surface area contributed by atoms with Gasteiger partial charge >= 0.3 is 0 Å². The largest absolute Gasteiger partial charge is 0.292 e. The maximum Gasteiger partial charge on any atom is 0.145 e. The van der Waals surface area contributed by atoms with Crippen LogP contribution in [0.5, 0.6) is 0 Å². The minimum Gasteiger partial charge on any atom is -0.292 e. The van der Waals surface area contributed by atoms with Crippen LogP contribution in [-0.2, 0) is 0 Å². The van der Waals surface area contributed by atoms with Crippen LogP contribution in [0.2, 0.25) is 0 Å². The number of hydrogen-bond acceptors (Lipinski definition) is 1. The summed E-state index contributed by atoms with van der Waals surface area (Å²) in [7, 11) is 0. The van der Waals surface area contributed by atoms with Gasteiger partial charge in [0.2, 0.25) is 0 Å². The molecule has 0 aliphatic rings. The van der Waals surface area contributed by atoms with E-state index in [1.165, 1.54) is 0 Å². The molecule has 9 rings (SSSR count). The van der Waals surface area contributed by atoms with Gasteiger partial charge in [0.1, 0.15) is 5.82 Å². The van der Waals surface area contributed by atoms with Crippen molar-refractivity contribution in [2.24, 2.45) is 0 Å². The molecule has 1 heterocycles. The molecule has 0 bridgehead atoms. The van der Waals surface area contributed by atoms with Gasteiger partial charge < -0.3 is 0 Å². The van der Waals surface area contributed by atoms with E-state index in [0.29, 0.717) is 28.2 Å². The molecule has 9 aromatic rings. The van der Waals surface area contributed by atoms with Gasteiger partial charge in [-0.25, -0.2) is 4.98 Å². The smallest absolute Gasteiger partial charge is 0.145 e. The molecule has 0 unspecified atom stereocenters. The van der Waals surface area contributed by atoms with E-state index in [1.807, 2.05) is 138 Å². The highest BCUT2D eigenvalue weighted by Gasteiger charge is 2.21. The molecule has 0 saturated heterocycles. The van der Waals surface area contributed by atoms with Gasteiger partial charge in [-0.05, 0) is 73.6 Å². The molecule has 47 heavy (non-hydrogen) atoms. The van der Waals surface area contributed by atoms with Crippen molar-refractivity contribution in [3.05, 3.63) is 182 Å². The van der Waals surface area contributed by atoms with Crippen LogP contribution in [-0.4, -0.2) is 9.55 Å². The Morgan fingerprint density at radius 2 is 0.979 bits per heavy atom. The first-order chi connectivity index (χ1) is 26.7. The van der Waals surface area contributed by atoms with Crippen molar-refractivity contribution in [3.8, 4) is 50.5 Å². The van der Waals surface area contributed by atoms with Crippen molar-refractivity contribution >= 4 is 32.6 Å². The Morgan fingerprint density at radius 3 is 1.68 bits per heavy atom. The summed E-state index contributed by atoms with van der Waals surface area (Å²) in [4.78, 5) is 5.04. The lowest BCUT2D eigenvalue weighted by atomic mass is 9.85. The fraction of sp³-hybridized carbons (Fsp3) is 0. The standard InChI is InChI=1S/C45H30N2/c1-3-16-31(17-4-1)33-20-15-21-34(30-33)43-35-22-7-9-24-37(35)44(38-25-10-8-23-36(38)43)39-26-11-13-28-41(39)47-42-29-14-12-27-40(42)46-45(47)32-18-5-2-6-19-32/h1-30H/i7D,8D,9D,10D,22D,23D,24D,25D. The van der Waals surface area contributed by atoms with Gasteiger partial charge in [-0.1, -0.05) is 158 Å². The summed E-state index contributed by atoms with van der Waals surface area (Å²) in [5.74, 6) is 0.640. The number of rotatable bonds is 5. The van der Waals surface area contributed by atoms with Crippen LogP contribution in [0.15, 0.2) is 182 Å². The van der Waals surface area contributed by atoms with Gasteiger partial charge in [0.05, 0.1) is 27.7 Å². The highest BCUT2D eigenvalue weighted by atomic mass is 15.1. The van der Waals surface area contributed by atoms with E-state index in [0.717, 1.165) is 27.7 Å². The zero-order valence-electron chi connectivity index (χ0n) is 33.1. The average Bonchev–Trinajstić information content (AvgIpc) is 3.62. The van der Waals surface area contributed by atoms with Gasteiger partial charge in [0.25, 0.3) is 0 Å². The van der Waals surface area contributed by atoms with Crippen LogP contribution in [0.3, 0.4) is 0 Å². The Balaban J connectivity index is 1.51. The van der Waals surface area contributed by atoms with Crippen LogP contribution >= 0.6 is 0 Å². The molecule has 0 fully saturated rings. The molecule has 0 spiro atoms. The Kier molecular flexibility index (Phi) is 4.80. The van der Waals surface area contributed by atoms with Crippen molar-refractivity contribution < 1.29 is 11.0 Å². The van der Waals surface area contributed by atoms with Gasteiger partial charge in [-0.15, -0.1) is 0 Å². The third kappa shape index (κ3) is 4.54. The van der Waals surface area contributed by atoms with Gasteiger partial charge in [0, 0.05) is 11.1 Å². The number of hydrogen-bond donors (Lipinski definition) is 0. The van der Waals surface area contributed by atoms with E-state index in [1.54, 1.807) is 0 Å². The summed E-state index contributed by atoms with van der Waals surface area (Å²) in [5.41, 5.74) is 6.42. The molecule has 0 aliphatic carbocycles. The predicted octanol–water partition coefficient (Wildman–Crippen LogP) is 12.0. The molecule has 0 saturated carbocycles. The van der Waals surface area contributed by atoms with E-state index >= 15 is 0 Å². The lowest BCUT2D eigenvalue weighted by molar-refractivity contribution is 1.10. The number of fused-ring (bicyclic) bond motifs is 3. The topological polar surface area (TPSA) is 17.8 Å². The van der Waals surface area contributed by atoms with Crippen LogP contribution in [0, 0.1) is 0 Å². The first-order valence-electron chi connectivity index (χ1n) is 19.4. The monoisotopic (exact) mass is 606 g/mol. The molecular weight excluding hydrogens is 569 g/mol. The van der Waals surface area contributed by atoms with Crippen LogP contribution in [0.4, 0.5) is 0 Å². The molecule has 0 atom stereocenters. The predicted molar refractivity (Wildman–Crippen MR) is 198 cm³/mol. The SMILES string of the molecule is [2H]c1c([2H])c([2H])c2c(-c3ccccc3-n3c(-c4ccccc4)nc4ccccc43)c3c([2H])c([2H])c([2H])c([2H])c3c(-c3cccc(-c4ccccc4)c3)c2c1[2H]. The third-order valence-electron chi connectivity index (χ3n) is 8.64. The second kappa shape index (κ2) is 11.3. The first-order valence-corrected chi connectivity index (χ1v) is 15.4. The van der Waals surface area contributed by atoms with Crippen molar-refractivity contribution in [1.29, 1.82) is 0 Å². The van der Waals surface area contributed by atoms with Crippen molar-refractivity contribution in [2.75, 3.05) is 0 Å². The minimum atomic E-state index is -0.446. The minimum absolute atomic E-state index is 0.154. The fourth-order valence-corrected chi connectivity index (χ4v) is 6.60. The summed E-state index contributed by atoms with van der Waals surface area (Å²) in [5, 5.41) is 0.637. The van der Waals surface area contributed by atoms with E-state index in [9.17, 15) is 5.48 Å². The van der Waals surface area contributed by atoms with Crippen molar-refractivity contribution in [3.63, 3.8) is 0 Å². The zero-order chi connectivity index (χ0) is 38.1. The highest BCUT2D eigenvalue weighted by Crippen LogP contribution is 2.46. The maximum atomic E-state index is 9.50. The van der Waals surface area contributed by atoms with Crippen molar-refractivity contribution in [1.82, 2.24) is 9.55 Å². The van der Waals surface area contributed by atoms with Crippen LogP contribution in [0.25, 0.3) is 83.0 Å². The Labute approximate surface area is 285 Å². The zero-order valence-corrected chi connectivity index (χ0v) is 25.1. The molecule has 1 aromatic heterocycles. The van der Waals surface area contributed by atoms with Gasteiger partial charge in [-0.2, -0.15) is 0 Å². The Morgan fingerprint density at radius 1 is 0.447 bits per heavy atom. The van der Waals surface area contributed by atoms with E-state index in [4.69, 9.17) is 10.5 Å². The highest BCUT2D eigenvalue weighted by molar-refractivity contribution is 6.22. The number of nitrogens with zero attached hydrogens (tertiary/aromatic N) is 2. The summed E-state index contributed by atoms with van der Waals surface area (Å²) >= 11 is 0. The first kappa shape index (κ1) is 20.0. The molecule has 8 aromatic carbocycles. The summed E-state index contributed by atoms with van der Waals surface area (Å²) in [6, 6.07) is 39.2. The number of para-hydroxylation sites is 3. The van der Waals surface area contributed by atoms with E-state index in [2.05, 4.69) is 0 Å².